The Morgan fingerprint density at radius 2 is 1.78 bits per heavy atom. The van der Waals surface area contributed by atoms with Gasteiger partial charge in [-0.1, -0.05) is 78.6 Å². The van der Waals surface area contributed by atoms with Gasteiger partial charge in [-0.2, -0.15) is 0 Å². The first-order chi connectivity index (χ1) is 17.9. The topological polar surface area (TPSA) is 38.8 Å². The largest absolute Gasteiger partial charge is 0.490 e. The van der Waals surface area contributed by atoms with E-state index >= 15 is 0 Å². The molecule has 0 aliphatic carbocycles. The maximum absolute atomic E-state index is 13.2. The number of thioether (sulfide) groups is 1. The molecule has 0 saturated carbocycles. The highest BCUT2D eigenvalue weighted by Gasteiger charge is 2.33. The number of hydrogen-bond acceptors (Lipinski definition) is 5. The lowest BCUT2D eigenvalue weighted by Gasteiger charge is -2.16. The van der Waals surface area contributed by atoms with Gasteiger partial charge in [0.15, 0.2) is 15.8 Å². The standard InChI is InChI=1S/C30H24BrNO3S2/c1-3-34-26-16-20(17-27-29(33)32(30(36)37-27)23-12-6-8-19(2)14-23)15-25(31)28(26)35-18-22-11-7-10-21-9-4-5-13-24(21)22/h4-17H,3,18H2,1-2H3/b27-17-. The van der Waals surface area contributed by atoms with Crippen LogP contribution in [0.1, 0.15) is 23.6 Å². The van der Waals surface area contributed by atoms with Gasteiger partial charge in [0, 0.05) is 0 Å². The van der Waals surface area contributed by atoms with Crippen molar-refractivity contribution in [2.24, 2.45) is 0 Å². The SMILES string of the molecule is CCOc1cc(/C=C2\SC(=S)N(c3cccc(C)c3)C2=O)cc(Br)c1OCc1cccc2ccccc12. The number of amides is 1. The molecule has 0 radical (unpaired) electrons. The van der Waals surface area contributed by atoms with Crippen LogP contribution < -0.4 is 14.4 Å². The molecule has 37 heavy (non-hydrogen) atoms. The van der Waals surface area contributed by atoms with E-state index in [1.54, 1.807) is 4.90 Å². The normalized spacial score (nSPS) is 14.6. The molecule has 0 atom stereocenters. The molecule has 1 aliphatic heterocycles. The molecule has 1 aliphatic rings. The number of anilines is 1. The maximum atomic E-state index is 13.2. The fraction of sp³-hybridized carbons (Fsp3) is 0.133. The molecule has 0 aromatic heterocycles. The Labute approximate surface area is 234 Å². The third-order valence-electron chi connectivity index (χ3n) is 5.93. The molecule has 0 bridgehead atoms. The number of hydrogen-bond donors (Lipinski definition) is 0. The summed E-state index contributed by atoms with van der Waals surface area (Å²) in [5.41, 5.74) is 3.76. The lowest BCUT2D eigenvalue weighted by atomic mass is 10.1. The van der Waals surface area contributed by atoms with Crippen LogP contribution in [0.15, 0.2) is 88.2 Å². The summed E-state index contributed by atoms with van der Waals surface area (Å²) >= 11 is 10.5. The van der Waals surface area contributed by atoms with Crippen molar-refractivity contribution in [3.63, 3.8) is 0 Å². The highest BCUT2D eigenvalue weighted by Crippen LogP contribution is 2.41. The molecule has 4 nitrogen and oxygen atoms in total. The highest BCUT2D eigenvalue weighted by atomic mass is 79.9. The van der Waals surface area contributed by atoms with E-state index in [9.17, 15) is 4.79 Å². The second-order valence-corrected chi connectivity index (χ2v) is 11.1. The van der Waals surface area contributed by atoms with Gasteiger partial charge in [0.2, 0.25) is 0 Å². The summed E-state index contributed by atoms with van der Waals surface area (Å²) in [7, 11) is 0. The van der Waals surface area contributed by atoms with Crippen molar-refractivity contribution in [1.82, 2.24) is 0 Å². The first kappa shape index (κ1) is 25.5. The zero-order valence-corrected chi connectivity index (χ0v) is 23.6. The minimum Gasteiger partial charge on any atom is -0.490 e. The van der Waals surface area contributed by atoms with Gasteiger partial charge in [0.1, 0.15) is 6.61 Å². The Bertz CT molecular complexity index is 1540. The minimum absolute atomic E-state index is 0.133. The van der Waals surface area contributed by atoms with E-state index in [1.165, 1.54) is 17.1 Å². The van der Waals surface area contributed by atoms with Gasteiger partial charge in [-0.25, -0.2) is 0 Å². The summed E-state index contributed by atoms with van der Waals surface area (Å²) in [6.45, 7) is 4.81. The average molecular weight is 591 g/mol. The molecule has 0 unspecified atom stereocenters. The van der Waals surface area contributed by atoms with Gasteiger partial charge in [-0.15, -0.1) is 0 Å². The van der Waals surface area contributed by atoms with Gasteiger partial charge in [0.05, 0.1) is 21.7 Å². The smallest absolute Gasteiger partial charge is 0.270 e. The van der Waals surface area contributed by atoms with E-state index < -0.39 is 0 Å². The number of benzene rings is 4. The van der Waals surface area contributed by atoms with Crippen LogP contribution in [0.5, 0.6) is 11.5 Å². The molecule has 1 heterocycles. The Morgan fingerprint density at radius 1 is 1.00 bits per heavy atom. The summed E-state index contributed by atoms with van der Waals surface area (Å²) in [5.74, 6) is 1.10. The Balaban J connectivity index is 1.42. The van der Waals surface area contributed by atoms with Gasteiger partial charge >= 0.3 is 0 Å². The van der Waals surface area contributed by atoms with Gasteiger partial charge in [0.25, 0.3) is 5.91 Å². The molecule has 186 valence electrons. The molecule has 1 amide bonds. The number of thiocarbonyl (C=S) groups is 1. The van der Waals surface area contributed by atoms with Crippen molar-refractivity contribution in [3.05, 3.63) is 105 Å². The lowest BCUT2D eigenvalue weighted by molar-refractivity contribution is -0.113. The number of aryl methyl sites for hydroxylation is 1. The van der Waals surface area contributed by atoms with E-state index in [0.717, 1.165) is 32.2 Å². The van der Waals surface area contributed by atoms with Gasteiger partial charge < -0.3 is 9.47 Å². The van der Waals surface area contributed by atoms with Crippen molar-refractivity contribution in [3.8, 4) is 11.5 Å². The summed E-state index contributed by atoms with van der Waals surface area (Å²) in [6, 6.07) is 26.1. The Hall–Kier alpha value is -3.13. The summed E-state index contributed by atoms with van der Waals surface area (Å²) < 4.78 is 13.5. The van der Waals surface area contributed by atoms with Crippen LogP contribution in [0.3, 0.4) is 0 Å². The van der Waals surface area contributed by atoms with E-state index in [-0.39, 0.29) is 5.91 Å². The van der Waals surface area contributed by atoms with Crippen LogP contribution in [0.2, 0.25) is 0 Å². The second kappa shape index (κ2) is 11.1. The molecular weight excluding hydrogens is 566 g/mol. The van der Waals surface area contributed by atoms with Crippen molar-refractivity contribution < 1.29 is 14.3 Å². The predicted molar refractivity (Wildman–Crippen MR) is 160 cm³/mol. The molecule has 7 heteroatoms. The highest BCUT2D eigenvalue weighted by molar-refractivity contribution is 9.10. The first-order valence-electron chi connectivity index (χ1n) is 11.8. The van der Waals surface area contributed by atoms with Crippen LogP contribution in [0.25, 0.3) is 16.8 Å². The minimum atomic E-state index is -0.133. The number of halogens is 1. The summed E-state index contributed by atoms with van der Waals surface area (Å²) in [5, 5.41) is 2.33. The van der Waals surface area contributed by atoms with Crippen molar-refractivity contribution in [2.75, 3.05) is 11.5 Å². The van der Waals surface area contributed by atoms with Crippen LogP contribution in [-0.2, 0) is 11.4 Å². The molecule has 4 aromatic carbocycles. The molecule has 4 aromatic rings. The fourth-order valence-electron chi connectivity index (χ4n) is 4.25. The zero-order valence-electron chi connectivity index (χ0n) is 20.4. The third-order valence-corrected chi connectivity index (χ3v) is 7.83. The predicted octanol–water partition coefficient (Wildman–Crippen LogP) is 8.29. The number of rotatable bonds is 7. The van der Waals surface area contributed by atoms with Crippen molar-refractivity contribution >= 4 is 72.7 Å². The average Bonchev–Trinajstić information content (AvgIpc) is 3.16. The van der Waals surface area contributed by atoms with Crippen LogP contribution in [0.4, 0.5) is 5.69 Å². The summed E-state index contributed by atoms with van der Waals surface area (Å²) in [4.78, 5) is 15.4. The first-order valence-corrected chi connectivity index (χ1v) is 13.9. The van der Waals surface area contributed by atoms with Crippen LogP contribution in [0, 0.1) is 6.92 Å². The fourth-order valence-corrected chi connectivity index (χ4v) is 6.12. The molecule has 0 N–H and O–H groups in total. The van der Waals surface area contributed by atoms with E-state index in [4.69, 9.17) is 21.7 Å². The van der Waals surface area contributed by atoms with Crippen LogP contribution >= 0.6 is 39.9 Å². The van der Waals surface area contributed by atoms with Crippen molar-refractivity contribution in [1.29, 1.82) is 0 Å². The number of carbonyl (C=O) groups excluding carboxylic acids is 1. The van der Waals surface area contributed by atoms with Crippen LogP contribution in [-0.4, -0.2) is 16.8 Å². The van der Waals surface area contributed by atoms with E-state index in [0.29, 0.717) is 33.9 Å². The van der Waals surface area contributed by atoms with E-state index in [1.807, 2.05) is 74.5 Å². The number of ether oxygens (including phenoxy) is 2. The zero-order chi connectivity index (χ0) is 25.9. The molecule has 0 spiro atoms. The third kappa shape index (κ3) is 5.44. The van der Waals surface area contributed by atoms with Gasteiger partial charge in [-0.3, -0.25) is 9.69 Å². The monoisotopic (exact) mass is 589 g/mol. The Kier molecular flexibility index (Phi) is 7.65. The van der Waals surface area contributed by atoms with Crippen molar-refractivity contribution in [2.45, 2.75) is 20.5 Å². The molecule has 1 saturated heterocycles. The Morgan fingerprint density at radius 3 is 2.59 bits per heavy atom. The van der Waals surface area contributed by atoms with E-state index in [2.05, 4.69) is 40.2 Å². The summed E-state index contributed by atoms with van der Waals surface area (Å²) in [6.07, 6.45) is 1.84. The quantitative estimate of drug-likeness (QED) is 0.160. The number of carbonyl (C=O) groups is 1. The molecule has 5 rings (SSSR count). The second-order valence-electron chi connectivity index (χ2n) is 8.55. The maximum Gasteiger partial charge on any atom is 0.270 e. The van der Waals surface area contributed by atoms with Gasteiger partial charge in [-0.05, 0) is 87.6 Å². The number of fused-ring (bicyclic) bond motifs is 1. The molecule has 1 fully saturated rings. The molecular formula is C30H24BrNO3S2. The number of nitrogens with zero attached hydrogens (tertiary/aromatic N) is 1. The lowest BCUT2D eigenvalue weighted by Crippen LogP contribution is -2.27.